The third-order valence-electron chi connectivity index (χ3n) is 5.06. The van der Waals surface area contributed by atoms with E-state index in [1.165, 1.54) is 10.9 Å². The van der Waals surface area contributed by atoms with Crippen molar-refractivity contribution in [2.75, 3.05) is 13.7 Å². The van der Waals surface area contributed by atoms with Crippen LogP contribution in [-0.2, 0) is 11.3 Å². The molecule has 1 aliphatic rings. The highest BCUT2D eigenvalue weighted by Gasteiger charge is 2.30. The van der Waals surface area contributed by atoms with Gasteiger partial charge in [0, 0.05) is 18.3 Å². The van der Waals surface area contributed by atoms with Crippen molar-refractivity contribution in [3.05, 3.63) is 66.4 Å². The smallest absolute Gasteiger partial charge is 0.243 e. The Balaban J connectivity index is 1.54. The molecule has 0 N–H and O–H groups in total. The molecule has 1 saturated heterocycles. The van der Waals surface area contributed by atoms with E-state index in [1.807, 2.05) is 39.9 Å². The molecule has 4 rings (SSSR count). The molecular weight excluding hydrogens is 312 g/mol. The number of hydrogen-bond acceptors (Lipinski definition) is 2. The molecule has 1 amide bonds. The van der Waals surface area contributed by atoms with E-state index in [0.29, 0.717) is 6.54 Å². The summed E-state index contributed by atoms with van der Waals surface area (Å²) >= 11 is 0. The van der Waals surface area contributed by atoms with Crippen LogP contribution in [0.25, 0.3) is 10.9 Å². The summed E-state index contributed by atoms with van der Waals surface area (Å²) in [6, 6.07) is 18.5. The zero-order valence-corrected chi connectivity index (χ0v) is 14.4. The lowest BCUT2D eigenvalue weighted by atomic mass is 10.0. The molecule has 2 aromatic carbocycles. The fourth-order valence-corrected chi connectivity index (χ4v) is 3.75. The maximum absolute atomic E-state index is 12.9. The predicted octanol–water partition coefficient (Wildman–Crippen LogP) is 4.01. The van der Waals surface area contributed by atoms with Crippen LogP contribution in [0.1, 0.15) is 24.4 Å². The Morgan fingerprint density at radius 3 is 2.72 bits per heavy atom. The Morgan fingerprint density at radius 1 is 1.12 bits per heavy atom. The summed E-state index contributed by atoms with van der Waals surface area (Å²) < 4.78 is 7.28. The van der Waals surface area contributed by atoms with Gasteiger partial charge in [0.15, 0.2) is 0 Å². The van der Waals surface area contributed by atoms with Crippen LogP contribution in [0.5, 0.6) is 5.75 Å². The topological polar surface area (TPSA) is 34.5 Å². The number of para-hydroxylation sites is 1. The summed E-state index contributed by atoms with van der Waals surface area (Å²) in [5.74, 6) is 1.03. The van der Waals surface area contributed by atoms with Crippen LogP contribution < -0.4 is 4.74 Å². The normalized spacial score (nSPS) is 17.2. The monoisotopic (exact) mass is 334 g/mol. The molecule has 0 aliphatic carbocycles. The summed E-state index contributed by atoms with van der Waals surface area (Å²) in [7, 11) is 1.67. The number of nitrogens with zero attached hydrogens (tertiary/aromatic N) is 2. The lowest BCUT2D eigenvalue weighted by Gasteiger charge is -2.25. The standard InChI is InChI=1S/C21H22N2O2/c1-25-18-10-8-17(9-11-18)20-7-4-13-23(20)21(24)15-22-14-12-16-5-2-3-6-19(16)22/h2-3,5-6,8-12,14,20H,4,7,13,15H2,1H3. The summed E-state index contributed by atoms with van der Waals surface area (Å²) in [4.78, 5) is 15.0. The Hall–Kier alpha value is -2.75. The van der Waals surface area contributed by atoms with Gasteiger partial charge in [0.2, 0.25) is 5.91 Å². The third kappa shape index (κ3) is 3.00. The zero-order valence-electron chi connectivity index (χ0n) is 14.4. The highest BCUT2D eigenvalue weighted by Crippen LogP contribution is 2.33. The van der Waals surface area contributed by atoms with Crippen molar-refractivity contribution in [1.29, 1.82) is 0 Å². The third-order valence-corrected chi connectivity index (χ3v) is 5.06. The van der Waals surface area contributed by atoms with Crippen molar-refractivity contribution in [2.45, 2.75) is 25.4 Å². The maximum Gasteiger partial charge on any atom is 0.243 e. The highest BCUT2D eigenvalue weighted by atomic mass is 16.5. The maximum atomic E-state index is 12.9. The van der Waals surface area contributed by atoms with E-state index in [2.05, 4.69) is 30.3 Å². The van der Waals surface area contributed by atoms with Crippen LogP contribution in [0, 0.1) is 0 Å². The number of hydrogen-bond donors (Lipinski definition) is 0. The van der Waals surface area contributed by atoms with Gasteiger partial charge in [0.25, 0.3) is 0 Å². The minimum absolute atomic E-state index is 0.167. The average Bonchev–Trinajstić information content (AvgIpc) is 3.29. The molecule has 0 spiro atoms. The molecule has 1 unspecified atom stereocenters. The second-order valence-corrected chi connectivity index (χ2v) is 6.52. The quantitative estimate of drug-likeness (QED) is 0.722. The average molecular weight is 334 g/mol. The Kier molecular flexibility index (Phi) is 4.18. The lowest BCUT2D eigenvalue weighted by molar-refractivity contribution is -0.132. The molecule has 0 bridgehead atoms. The first kappa shape index (κ1) is 15.8. The molecule has 1 atom stereocenters. The van der Waals surface area contributed by atoms with Gasteiger partial charge in [-0.15, -0.1) is 0 Å². The van der Waals surface area contributed by atoms with Crippen molar-refractivity contribution < 1.29 is 9.53 Å². The van der Waals surface area contributed by atoms with Gasteiger partial charge in [-0.2, -0.15) is 0 Å². The summed E-state index contributed by atoms with van der Waals surface area (Å²) in [5, 5.41) is 1.17. The van der Waals surface area contributed by atoms with Gasteiger partial charge in [0.05, 0.1) is 13.2 Å². The van der Waals surface area contributed by atoms with Crippen LogP contribution in [0.2, 0.25) is 0 Å². The number of benzene rings is 2. The number of amides is 1. The van der Waals surface area contributed by atoms with Crippen LogP contribution in [-0.4, -0.2) is 29.0 Å². The number of ether oxygens (including phenoxy) is 1. The molecule has 2 heterocycles. The molecule has 128 valence electrons. The van der Waals surface area contributed by atoms with Crippen LogP contribution >= 0.6 is 0 Å². The zero-order chi connectivity index (χ0) is 17.2. The van der Waals surface area contributed by atoms with Gasteiger partial charge < -0.3 is 14.2 Å². The van der Waals surface area contributed by atoms with Gasteiger partial charge >= 0.3 is 0 Å². The minimum Gasteiger partial charge on any atom is -0.497 e. The molecule has 1 fully saturated rings. The van der Waals surface area contributed by atoms with Crippen molar-refractivity contribution >= 4 is 16.8 Å². The molecule has 0 saturated carbocycles. The van der Waals surface area contributed by atoms with Crippen LogP contribution in [0.15, 0.2) is 60.8 Å². The fourth-order valence-electron chi connectivity index (χ4n) is 3.75. The second kappa shape index (κ2) is 6.63. The van der Waals surface area contributed by atoms with E-state index in [-0.39, 0.29) is 11.9 Å². The minimum atomic E-state index is 0.167. The number of carbonyl (C=O) groups is 1. The van der Waals surface area contributed by atoms with Crippen molar-refractivity contribution in [1.82, 2.24) is 9.47 Å². The van der Waals surface area contributed by atoms with E-state index in [4.69, 9.17) is 4.74 Å². The number of rotatable bonds is 4. The SMILES string of the molecule is COc1ccc(C2CCCN2C(=O)Cn2ccc3ccccc32)cc1. The summed E-state index contributed by atoms with van der Waals surface area (Å²) in [5.41, 5.74) is 2.29. The summed E-state index contributed by atoms with van der Waals surface area (Å²) in [6.45, 7) is 1.22. The molecule has 1 aliphatic heterocycles. The molecule has 4 heteroatoms. The highest BCUT2D eigenvalue weighted by molar-refractivity contribution is 5.83. The Bertz CT molecular complexity index is 882. The first-order chi connectivity index (χ1) is 12.3. The van der Waals surface area contributed by atoms with Gasteiger partial charge in [-0.25, -0.2) is 0 Å². The molecule has 0 radical (unpaired) electrons. The van der Waals surface area contributed by atoms with Crippen molar-refractivity contribution in [3.63, 3.8) is 0 Å². The van der Waals surface area contributed by atoms with Gasteiger partial charge in [-0.05, 0) is 48.1 Å². The predicted molar refractivity (Wildman–Crippen MR) is 98.6 cm³/mol. The lowest BCUT2D eigenvalue weighted by Crippen LogP contribution is -2.33. The van der Waals surface area contributed by atoms with E-state index in [9.17, 15) is 4.79 Å². The van der Waals surface area contributed by atoms with E-state index in [0.717, 1.165) is 30.7 Å². The molecule has 1 aromatic heterocycles. The van der Waals surface area contributed by atoms with Gasteiger partial charge in [0.1, 0.15) is 12.3 Å². The molecule has 4 nitrogen and oxygen atoms in total. The number of carbonyl (C=O) groups excluding carboxylic acids is 1. The summed E-state index contributed by atoms with van der Waals surface area (Å²) in [6.07, 6.45) is 4.07. The van der Waals surface area contributed by atoms with E-state index >= 15 is 0 Å². The van der Waals surface area contributed by atoms with Gasteiger partial charge in [-0.1, -0.05) is 30.3 Å². The first-order valence-corrected chi connectivity index (χ1v) is 8.73. The number of likely N-dealkylation sites (tertiary alicyclic amines) is 1. The Morgan fingerprint density at radius 2 is 1.92 bits per heavy atom. The second-order valence-electron chi connectivity index (χ2n) is 6.52. The van der Waals surface area contributed by atoms with Crippen molar-refractivity contribution in [2.24, 2.45) is 0 Å². The van der Waals surface area contributed by atoms with E-state index in [1.54, 1.807) is 7.11 Å². The Labute approximate surface area is 147 Å². The molecule has 25 heavy (non-hydrogen) atoms. The number of methoxy groups -OCH3 is 1. The molecular formula is C21H22N2O2. The largest absolute Gasteiger partial charge is 0.497 e. The van der Waals surface area contributed by atoms with E-state index < -0.39 is 0 Å². The number of fused-ring (bicyclic) bond motifs is 1. The fraction of sp³-hybridized carbons (Fsp3) is 0.286. The van der Waals surface area contributed by atoms with Crippen molar-refractivity contribution in [3.8, 4) is 5.75 Å². The van der Waals surface area contributed by atoms with Crippen LogP contribution in [0.3, 0.4) is 0 Å². The number of aromatic nitrogens is 1. The molecule has 3 aromatic rings. The van der Waals surface area contributed by atoms with Crippen LogP contribution in [0.4, 0.5) is 0 Å². The first-order valence-electron chi connectivity index (χ1n) is 8.73. The van der Waals surface area contributed by atoms with Gasteiger partial charge in [-0.3, -0.25) is 4.79 Å².